The highest BCUT2D eigenvalue weighted by Crippen LogP contribution is 2.35. The Balaban J connectivity index is 1.81. The van der Waals surface area contributed by atoms with Crippen LogP contribution in [0.25, 0.3) is 0 Å². The van der Waals surface area contributed by atoms with Gasteiger partial charge in [-0.3, -0.25) is 4.79 Å². The molecular weight excluding hydrogens is 228 g/mol. The van der Waals surface area contributed by atoms with Gasteiger partial charge < -0.3 is 15.8 Å². The number of primary amides is 1. The molecule has 0 saturated heterocycles. The summed E-state index contributed by atoms with van der Waals surface area (Å²) in [7, 11) is 0. The van der Waals surface area contributed by atoms with E-state index in [4.69, 9.17) is 10.5 Å². The quantitative estimate of drug-likeness (QED) is 0.725. The Morgan fingerprint density at radius 1 is 1.44 bits per heavy atom. The zero-order valence-corrected chi connectivity index (χ0v) is 11.6. The van der Waals surface area contributed by atoms with Crippen LogP contribution in [-0.4, -0.2) is 30.2 Å². The van der Waals surface area contributed by atoms with Gasteiger partial charge in [0.1, 0.15) is 5.54 Å². The average Bonchev–Trinajstić information content (AvgIpc) is 2.98. The molecule has 18 heavy (non-hydrogen) atoms. The number of rotatable bonds is 7. The third-order valence-corrected chi connectivity index (χ3v) is 4.05. The van der Waals surface area contributed by atoms with Gasteiger partial charge in [-0.15, -0.1) is 0 Å². The van der Waals surface area contributed by atoms with Crippen LogP contribution in [-0.2, 0) is 9.53 Å². The minimum Gasteiger partial charge on any atom is -0.378 e. The summed E-state index contributed by atoms with van der Waals surface area (Å²) in [6.45, 7) is 5.18. The van der Waals surface area contributed by atoms with Gasteiger partial charge >= 0.3 is 0 Å². The normalized spacial score (nSPS) is 32.1. The third-order valence-electron chi connectivity index (χ3n) is 4.05. The van der Waals surface area contributed by atoms with Crippen LogP contribution >= 0.6 is 0 Å². The van der Waals surface area contributed by atoms with Crippen LogP contribution in [0.3, 0.4) is 0 Å². The number of amides is 1. The minimum atomic E-state index is -0.496. The molecule has 1 amide bonds. The van der Waals surface area contributed by atoms with Crippen LogP contribution in [0.5, 0.6) is 0 Å². The van der Waals surface area contributed by atoms with Gasteiger partial charge in [0.15, 0.2) is 0 Å². The first-order valence-corrected chi connectivity index (χ1v) is 7.21. The number of carbonyl (C=O) groups is 1. The average molecular weight is 254 g/mol. The Kier molecular flexibility index (Phi) is 4.28. The summed E-state index contributed by atoms with van der Waals surface area (Å²) >= 11 is 0. The lowest BCUT2D eigenvalue weighted by molar-refractivity contribution is -0.124. The lowest BCUT2D eigenvalue weighted by Gasteiger charge is -2.27. The van der Waals surface area contributed by atoms with E-state index < -0.39 is 5.54 Å². The molecule has 0 heterocycles. The van der Waals surface area contributed by atoms with Crippen molar-refractivity contribution in [3.63, 3.8) is 0 Å². The predicted octanol–water partition coefficient (Wildman–Crippen LogP) is 1.58. The summed E-state index contributed by atoms with van der Waals surface area (Å²) in [5.41, 5.74) is 5.09. The molecule has 0 radical (unpaired) electrons. The standard InChI is InChI=1S/C14H26N2O2/c1-10(2)6-8-18-12-5-7-14(9-12,13(15)17)16-11-3-4-11/h10-12,16H,3-9H2,1-2H3,(H2,15,17). The van der Waals surface area contributed by atoms with Gasteiger partial charge in [-0.2, -0.15) is 0 Å². The van der Waals surface area contributed by atoms with Gasteiger partial charge in [0.05, 0.1) is 6.10 Å². The first kappa shape index (κ1) is 13.8. The van der Waals surface area contributed by atoms with E-state index in [0.29, 0.717) is 12.0 Å². The summed E-state index contributed by atoms with van der Waals surface area (Å²) in [5.74, 6) is 0.459. The molecule has 2 fully saturated rings. The van der Waals surface area contributed by atoms with E-state index in [1.54, 1.807) is 0 Å². The lowest BCUT2D eigenvalue weighted by atomic mass is 9.96. The molecule has 2 aliphatic rings. The molecule has 0 aliphatic heterocycles. The number of nitrogens with one attached hydrogen (secondary N) is 1. The second-order valence-corrected chi connectivity index (χ2v) is 6.28. The number of carbonyl (C=O) groups excluding carboxylic acids is 1. The largest absolute Gasteiger partial charge is 0.378 e. The van der Waals surface area contributed by atoms with Gasteiger partial charge in [-0.25, -0.2) is 0 Å². The number of nitrogens with two attached hydrogens (primary N) is 1. The van der Waals surface area contributed by atoms with E-state index in [-0.39, 0.29) is 12.0 Å². The lowest BCUT2D eigenvalue weighted by Crippen LogP contribution is -2.54. The Hall–Kier alpha value is -0.610. The first-order valence-electron chi connectivity index (χ1n) is 7.21. The number of hydrogen-bond acceptors (Lipinski definition) is 3. The summed E-state index contributed by atoms with van der Waals surface area (Å²) < 4.78 is 5.87. The SMILES string of the molecule is CC(C)CCOC1CCC(NC2CC2)(C(N)=O)C1. The molecule has 0 aromatic carbocycles. The molecule has 0 aromatic rings. The van der Waals surface area contributed by atoms with Gasteiger partial charge in [-0.05, 0) is 38.0 Å². The van der Waals surface area contributed by atoms with E-state index in [1.165, 1.54) is 12.8 Å². The molecule has 104 valence electrons. The monoisotopic (exact) mass is 254 g/mol. The Morgan fingerprint density at radius 3 is 2.72 bits per heavy atom. The van der Waals surface area contributed by atoms with Crippen molar-refractivity contribution in [1.82, 2.24) is 5.32 Å². The van der Waals surface area contributed by atoms with Crippen LogP contribution < -0.4 is 11.1 Å². The van der Waals surface area contributed by atoms with Crippen molar-refractivity contribution >= 4 is 5.91 Å². The Labute approximate surface area is 110 Å². The van der Waals surface area contributed by atoms with Crippen LogP contribution in [0.4, 0.5) is 0 Å². The summed E-state index contributed by atoms with van der Waals surface area (Å²) in [6.07, 6.45) is 6.14. The molecule has 2 saturated carbocycles. The molecule has 0 bridgehead atoms. The van der Waals surface area contributed by atoms with Crippen LogP contribution in [0.1, 0.15) is 52.4 Å². The molecule has 2 rings (SSSR count). The van der Waals surface area contributed by atoms with E-state index in [1.807, 2.05) is 0 Å². The molecule has 0 aromatic heterocycles. The number of ether oxygens (including phenoxy) is 1. The fourth-order valence-corrected chi connectivity index (χ4v) is 2.66. The Bertz CT molecular complexity index is 302. The van der Waals surface area contributed by atoms with Crippen molar-refractivity contribution in [2.24, 2.45) is 11.7 Å². The minimum absolute atomic E-state index is 0.197. The molecule has 4 nitrogen and oxygen atoms in total. The van der Waals surface area contributed by atoms with Crippen molar-refractivity contribution in [2.45, 2.75) is 70.1 Å². The third kappa shape index (κ3) is 3.45. The highest BCUT2D eigenvalue weighted by Gasteiger charge is 2.47. The summed E-state index contributed by atoms with van der Waals surface area (Å²) in [5, 5.41) is 3.44. The first-order chi connectivity index (χ1) is 8.52. The van der Waals surface area contributed by atoms with E-state index in [0.717, 1.165) is 32.3 Å². The zero-order valence-electron chi connectivity index (χ0n) is 11.6. The van der Waals surface area contributed by atoms with Crippen molar-refractivity contribution < 1.29 is 9.53 Å². The fourth-order valence-electron chi connectivity index (χ4n) is 2.66. The predicted molar refractivity (Wildman–Crippen MR) is 71.1 cm³/mol. The van der Waals surface area contributed by atoms with Crippen LogP contribution in [0.2, 0.25) is 0 Å². The molecule has 2 unspecified atom stereocenters. The maximum Gasteiger partial charge on any atom is 0.237 e. The smallest absolute Gasteiger partial charge is 0.237 e. The van der Waals surface area contributed by atoms with Crippen molar-refractivity contribution in [2.75, 3.05) is 6.61 Å². The van der Waals surface area contributed by atoms with Gasteiger partial charge in [0, 0.05) is 19.1 Å². The topological polar surface area (TPSA) is 64.3 Å². The molecule has 4 heteroatoms. The fraction of sp³-hybridized carbons (Fsp3) is 0.929. The zero-order chi connectivity index (χ0) is 13.2. The maximum atomic E-state index is 11.7. The van der Waals surface area contributed by atoms with Crippen LogP contribution in [0, 0.1) is 5.92 Å². The van der Waals surface area contributed by atoms with Gasteiger partial charge in [0.2, 0.25) is 5.91 Å². The Morgan fingerprint density at radius 2 is 2.17 bits per heavy atom. The van der Waals surface area contributed by atoms with E-state index >= 15 is 0 Å². The van der Waals surface area contributed by atoms with Crippen molar-refractivity contribution in [1.29, 1.82) is 0 Å². The van der Waals surface area contributed by atoms with Crippen molar-refractivity contribution in [3.05, 3.63) is 0 Å². The van der Waals surface area contributed by atoms with Gasteiger partial charge in [0.25, 0.3) is 0 Å². The van der Waals surface area contributed by atoms with Gasteiger partial charge in [-0.1, -0.05) is 13.8 Å². The second kappa shape index (κ2) is 5.57. The van der Waals surface area contributed by atoms with Crippen LogP contribution in [0.15, 0.2) is 0 Å². The molecule has 3 N–H and O–H groups in total. The highest BCUT2D eigenvalue weighted by molar-refractivity contribution is 5.85. The highest BCUT2D eigenvalue weighted by atomic mass is 16.5. The maximum absolute atomic E-state index is 11.7. The summed E-state index contributed by atoms with van der Waals surface area (Å²) in [6, 6.07) is 0.506. The molecule has 2 aliphatic carbocycles. The van der Waals surface area contributed by atoms with E-state index in [2.05, 4.69) is 19.2 Å². The second-order valence-electron chi connectivity index (χ2n) is 6.28. The number of hydrogen-bond donors (Lipinski definition) is 2. The summed E-state index contributed by atoms with van der Waals surface area (Å²) in [4.78, 5) is 11.7. The molecule has 0 spiro atoms. The van der Waals surface area contributed by atoms with Crippen molar-refractivity contribution in [3.8, 4) is 0 Å². The molecular formula is C14H26N2O2. The van der Waals surface area contributed by atoms with E-state index in [9.17, 15) is 4.79 Å². The molecule has 2 atom stereocenters.